The molecular formula is C16H28N4O2S. The average molecular weight is 340 g/mol. The molecule has 1 unspecified atom stereocenters. The number of hydrogen-bond donors (Lipinski definition) is 0. The second kappa shape index (κ2) is 7.77. The Bertz CT molecular complexity index is 565. The van der Waals surface area contributed by atoms with Crippen molar-refractivity contribution in [2.45, 2.75) is 64.0 Å². The number of aryl methyl sites for hydroxylation is 1. The first kappa shape index (κ1) is 16.9. The minimum absolute atomic E-state index is 0.112. The molecule has 2 fully saturated rings. The van der Waals surface area contributed by atoms with Crippen molar-refractivity contribution in [3.8, 4) is 0 Å². The van der Waals surface area contributed by atoms with E-state index in [1.165, 1.54) is 0 Å². The van der Waals surface area contributed by atoms with E-state index in [1.807, 2.05) is 16.9 Å². The van der Waals surface area contributed by atoms with E-state index in [4.69, 9.17) is 0 Å². The predicted molar refractivity (Wildman–Crippen MR) is 90.1 cm³/mol. The monoisotopic (exact) mass is 340 g/mol. The van der Waals surface area contributed by atoms with Crippen LogP contribution in [-0.4, -0.2) is 52.5 Å². The molecule has 1 atom stereocenters. The zero-order chi connectivity index (χ0) is 16.1. The molecule has 0 bridgehead atoms. The highest BCUT2D eigenvalue weighted by Crippen LogP contribution is 2.26. The Morgan fingerprint density at radius 3 is 2.43 bits per heavy atom. The van der Waals surface area contributed by atoms with Gasteiger partial charge in [0.05, 0.1) is 0 Å². The van der Waals surface area contributed by atoms with Crippen LogP contribution in [-0.2, 0) is 16.8 Å². The average Bonchev–Trinajstić information content (AvgIpc) is 2.92. The molecule has 0 spiro atoms. The van der Waals surface area contributed by atoms with Crippen molar-refractivity contribution in [1.82, 2.24) is 18.4 Å². The lowest BCUT2D eigenvalue weighted by Gasteiger charge is -2.37. The van der Waals surface area contributed by atoms with Gasteiger partial charge in [-0.1, -0.05) is 19.3 Å². The summed E-state index contributed by atoms with van der Waals surface area (Å²) in [5, 5.41) is 4.23. The fourth-order valence-corrected chi connectivity index (χ4v) is 5.66. The first-order valence-corrected chi connectivity index (χ1v) is 10.3. The van der Waals surface area contributed by atoms with E-state index in [2.05, 4.69) is 5.10 Å². The third-order valence-corrected chi connectivity index (χ3v) is 7.10. The highest BCUT2D eigenvalue weighted by atomic mass is 32.2. The Morgan fingerprint density at radius 2 is 1.74 bits per heavy atom. The zero-order valence-electron chi connectivity index (χ0n) is 13.8. The minimum atomic E-state index is -3.31. The van der Waals surface area contributed by atoms with Gasteiger partial charge in [-0.2, -0.15) is 22.1 Å². The molecule has 0 saturated carbocycles. The summed E-state index contributed by atoms with van der Waals surface area (Å²) in [6.07, 6.45) is 11.9. The van der Waals surface area contributed by atoms with Gasteiger partial charge in [-0.15, -0.1) is 0 Å². The van der Waals surface area contributed by atoms with Gasteiger partial charge in [0.15, 0.2) is 0 Å². The molecule has 0 radical (unpaired) electrons. The first-order valence-electron chi connectivity index (χ1n) is 8.92. The maximum Gasteiger partial charge on any atom is 0.282 e. The van der Waals surface area contributed by atoms with Crippen LogP contribution in [0.4, 0.5) is 0 Å². The molecular weight excluding hydrogens is 312 g/mol. The topological polar surface area (TPSA) is 58.4 Å². The van der Waals surface area contributed by atoms with Crippen LogP contribution < -0.4 is 0 Å². The summed E-state index contributed by atoms with van der Waals surface area (Å²) in [6, 6.07) is 2.02. The van der Waals surface area contributed by atoms with E-state index in [1.54, 1.807) is 14.8 Å². The summed E-state index contributed by atoms with van der Waals surface area (Å²) in [7, 11) is -3.31. The standard InChI is InChI=1S/C16H28N4O2S/c21-23(22,19-12-4-1-2-5-13-19)20-14-6-3-8-16(20)9-15-18-11-7-10-17-18/h7,10-11,16H,1-6,8-9,12-15H2. The van der Waals surface area contributed by atoms with Gasteiger partial charge in [-0.3, -0.25) is 4.68 Å². The number of hydrogen-bond acceptors (Lipinski definition) is 3. The Morgan fingerprint density at radius 1 is 1.00 bits per heavy atom. The Balaban J connectivity index is 1.68. The highest BCUT2D eigenvalue weighted by molar-refractivity contribution is 7.86. The summed E-state index contributed by atoms with van der Waals surface area (Å²) in [5.41, 5.74) is 0. The third-order valence-electron chi connectivity index (χ3n) is 5.01. The summed E-state index contributed by atoms with van der Waals surface area (Å²) in [5.74, 6) is 0. The van der Waals surface area contributed by atoms with Gasteiger partial charge in [0.25, 0.3) is 10.2 Å². The largest absolute Gasteiger partial charge is 0.282 e. The quantitative estimate of drug-likeness (QED) is 0.826. The molecule has 0 N–H and O–H groups in total. The second-order valence-electron chi connectivity index (χ2n) is 6.64. The fourth-order valence-electron chi connectivity index (χ4n) is 3.70. The molecule has 6 nitrogen and oxygen atoms in total. The predicted octanol–water partition coefficient (Wildman–Crippen LogP) is 2.25. The van der Waals surface area contributed by atoms with Crippen LogP contribution in [0.1, 0.15) is 51.4 Å². The van der Waals surface area contributed by atoms with Crippen LogP contribution >= 0.6 is 0 Å². The molecule has 1 aromatic heterocycles. The van der Waals surface area contributed by atoms with Crippen molar-refractivity contribution >= 4 is 10.2 Å². The van der Waals surface area contributed by atoms with E-state index < -0.39 is 10.2 Å². The molecule has 2 saturated heterocycles. The molecule has 2 aliphatic rings. The molecule has 0 aliphatic carbocycles. The van der Waals surface area contributed by atoms with Crippen LogP contribution in [0.2, 0.25) is 0 Å². The van der Waals surface area contributed by atoms with Crippen molar-refractivity contribution in [2.24, 2.45) is 0 Å². The second-order valence-corrected chi connectivity index (χ2v) is 8.52. The minimum Gasteiger partial charge on any atom is -0.273 e. The number of aromatic nitrogens is 2. The Labute approximate surface area is 139 Å². The lowest BCUT2D eigenvalue weighted by atomic mass is 10.0. The van der Waals surface area contributed by atoms with Crippen molar-refractivity contribution in [3.05, 3.63) is 18.5 Å². The van der Waals surface area contributed by atoms with Crippen molar-refractivity contribution < 1.29 is 8.42 Å². The number of piperidine rings is 1. The van der Waals surface area contributed by atoms with Gasteiger partial charge >= 0.3 is 0 Å². The van der Waals surface area contributed by atoms with E-state index in [-0.39, 0.29) is 6.04 Å². The van der Waals surface area contributed by atoms with Gasteiger partial charge in [0.1, 0.15) is 0 Å². The molecule has 3 rings (SSSR count). The lowest BCUT2D eigenvalue weighted by Crippen LogP contribution is -2.51. The van der Waals surface area contributed by atoms with Gasteiger partial charge in [0, 0.05) is 44.6 Å². The van der Waals surface area contributed by atoms with E-state index >= 15 is 0 Å². The first-order chi connectivity index (χ1) is 11.2. The van der Waals surface area contributed by atoms with Crippen molar-refractivity contribution in [1.29, 1.82) is 0 Å². The van der Waals surface area contributed by atoms with Crippen molar-refractivity contribution in [3.63, 3.8) is 0 Å². The van der Waals surface area contributed by atoms with Gasteiger partial charge in [0.2, 0.25) is 0 Å². The van der Waals surface area contributed by atoms with Gasteiger partial charge in [-0.05, 0) is 38.2 Å². The van der Waals surface area contributed by atoms with Crippen molar-refractivity contribution in [2.75, 3.05) is 19.6 Å². The van der Waals surface area contributed by atoms with Crippen LogP contribution in [0.5, 0.6) is 0 Å². The van der Waals surface area contributed by atoms with Gasteiger partial charge < -0.3 is 0 Å². The summed E-state index contributed by atoms with van der Waals surface area (Å²) >= 11 is 0. The maximum absolute atomic E-state index is 13.1. The maximum atomic E-state index is 13.1. The summed E-state index contributed by atoms with van der Waals surface area (Å²) < 4.78 is 31.6. The van der Waals surface area contributed by atoms with E-state index in [9.17, 15) is 8.42 Å². The smallest absolute Gasteiger partial charge is 0.273 e. The van der Waals surface area contributed by atoms with E-state index in [0.29, 0.717) is 19.6 Å². The summed E-state index contributed by atoms with van der Waals surface area (Å²) in [6.45, 7) is 2.82. The van der Waals surface area contributed by atoms with Crippen LogP contribution in [0, 0.1) is 0 Å². The normalized spacial score (nSPS) is 25.3. The molecule has 1 aromatic rings. The SMILES string of the molecule is O=S(=O)(N1CCCCCC1)N1CCCCC1CCn1cccn1. The molecule has 130 valence electrons. The van der Waals surface area contributed by atoms with Crippen LogP contribution in [0.15, 0.2) is 18.5 Å². The fraction of sp³-hybridized carbons (Fsp3) is 0.812. The molecule has 23 heavy (non-hydrogen) atoms. The lowest BCUT2D eigenvalue weighted by molar-refractivity contribution is 0.214. The number of nitrogens with zero attached hydrogens (tertiary/aromatic N) is 4. The molecule has 3 heterocycles. The Kier molecular flexibility index (Phi) is 5.71. The van der Waals surface area contributed by atoms with Crippen LogP contribution in [0.3, 0.4) is 0 Å². The van der Waals surface area contributed by atoms with Gasteiger partial charge in [-0.25, -0.2) is 0 Å². The number of rotatable bonds is 5. The zero-order valence-corrected chi connectivity index (χ0v) is 14.6. The third kappa shape index (κ3) is 4.14. The molecule has 0 aromatic carbocycles. The highest BCUT2D eigenvalue weighted by Gasteiger charge is 2.36. The molecule has 0 amide bonds. The summed E-state index contributed by atoms with van der Waals surface area (Å²) in [4.78, 5) is 0. The Hall–Kier alpha value is -0.920. The molecule has 7 heteroatoms. The molecule has 2 aliphatic heterocycles. The van der Waals surface area contributed by atoms with Crippen LogP contribution in [0.25, 0.3) is 0 Å². The van der Waals surface area contributed by atoms with E-state index in [0.717, 1.165) is 57.9 Å².